The maximum Gasteiger partial charge on any atom is 0.189 e. The molecule has 0 fully saturated rings. The summed E-state index contributed by atoms with van der Waals surface area (Å²) in [5.74, 6) is 4.74. The van der Waals surface area contributed by atoms with Gasteiger partial charge >= 0.3 is 0 Å². The topological polar surface area (TPSA) is 99.0 Å². The lowest BCUT2D eigenvalue weighted by atomic mass is 10.0. The average Bonchev–Trinajstić information content (AvgIpc) is 3.23. The maximum absolute atomic E-state index is 13.2. The molecule has 1 heterocycles. The van der Waals surface area contributed by atoms with Crippen LogP contribution in [0.5, 0.6) is 0 Å². The van der Waals surface area contributed by atoms with Crippen LogP contribution in [0.25, 0.3) is 5.70 Å². The first-order chi connectivity index (χ1) is 16.9. The van der Waals surface area contributed by atoms with Crippen LogP contribution in [0.2, 0.25) is 0 Å². The van der Waals surface area contributed by atoms with Crippen molar-refractivity contribution in [3.05, 3.63) is 78.1 Å². The molecule has 7 nitrogen and oxygen atoms in total. The van der Waals surface area contributed by atoms with E-state index in [-0.39, 0.29) is 21.3 Å². The molecule has 2 aromatic carbocycles. The summed E-state index contributed by atoms with van der Waals surface area (Å²) in [6.45, 7) is 0. The highest BCUT2D eigenvalue weighted by Gasteiger charge is 2.22. The van der Waals surface area contributed by atoms with Gasteiger partial charge in [-0.3, -0.25) is 0 Å². The van der Waals surface area contributed by atoms with E-state index < -0.39 is 19.7 Å². The normalized spacial score (nSPS) is 14.8. The number of hydrogen-bond donors (Lipinski definition) is 0. The molecule has 3 aromatic rings. The van der Waals surface area contributed by atoms with Crippen molar-refractivity contribution in [1.82, 2.24) is 15.0 Å². The van der Waals surface area contributed by atoms with E-state index in [0.29, 0.717) is 5.70 Å². The van der Waals surface area contributed by atoms with E-state index in [9.17, 15) is 16.8 Å². The van der Waals surface area contributed by atoms with E-state index in [1.807, 2.05) is 0 Å². The number of hydrogen-bond acceptors (Lipinski definition) is 6. The van der Waals surface area contributed by atoms with Gasteiger partial charge in [-0.25, -0.2) is 21.5 Å². The van der Waals surface area contributed by atoms with Crippen molar-refractivity contribution in [2.75, 3.05) is 11.5 Å². The van der Waals surface area contributed by atoms with Gasteiger partial charge in [-0.15, -0.1) is 5.10 Å². The minimum Gasteiger partial charge on any atom is -0.223 e. The zero-order valence-corrected chi connectivity index (χ0v) is 20.9. The number of fused-ring (bicyclic) bond motifs is 1. The van der Waals surface area contributed by atoms with Gasteiger partial charge in [-0.1, -0.05) is 66.3 Å². The van der Waals surface area contributed by atoms with Crippen LogP contribution < -0.4 is 0 Å². The second-order valence-electron chi connectivity index (χ2n) is 8.41. The predicted octanol–water partition coefficient (Wildman–Crippen LogP) is 3.73. The Morgan fingerprint density at radius 1 is 0.829 bits per heavy atom. The molecular formula is C26H27N3O4S2. The van der Waals surface area contributed by atoms with Crippen molar-refractivity contribution < 1.29 is 16.8 Å². The molecular weight excluding hydrogens is 482 g/mol. The molecule has 0 saturated carbocycles. The molecule has 0 unspecified atom stereocenters. The minimum atomic E-state index is -3.68. The monoisotopic (exact) mass is 509 g/mol. The lowest BCUT2D eigenvalue weighted by Gasteiger charge is -2.13. The van der Waals surface area contributed by atoms with E-state index in [1.165, 1.54) is 18.2 Å². The molecule has 0 N–H and O–H groups in total. The maximum atomic E-state index is 13.2. The number of nitrogens with zero attached hydrogens (tertiary/aromatic N) is 3. The zero-order chi connectivity index (χ0) is 24.7. The van der Waals surface area contributed by atoms with Crippen molar-refractivity contribution in [3.63, 3.8) is 0 Å². The second kappa shape index (κ2) is 11.0. The fourth-order valence-corrected chi connectivity index (χ4v) is 6.34. The van der Waals surface area contributed by atoms with Crippen LogP contribution in [-0.2, 0) is 32.5 Å². The number of allylic oxidation sites excluding steroid dienone is 1. The summed E-state index contributed by atoms with van der Waals surface area (Å²) in [5, 5.41) is 8.60. The number of aryl methyl sites for hydroxylation is 1. The molecule has 4 rings (SSSR count). The molecule has 0 atom stereocenters. The minimum absolute atomic E-state index is 0.197. The van der Waals surface area contributed by atoms with Gasteiger partial charge < -0.3 is 0 Å². The number of sulfone groups is 2. The first-order valence-electron chi connectivity index (χ1n) is 11.5. The Balaban J connectivity index is 1.68. The third-order valence-corrected chi connectivity index (χ3v) is 9.02. The van der Waals surface area contributed by atoms with E-state index in [1.54, 1.807) is 53.2 Å². The zero-order valence-electron chi connectivity index (χ0n) is 19.3. The van der Waals surface area contributed by atoms with Crippen molar-refractivity contribution >= 4 is 25.4 Å². The highest BCUT2D eigenvalue weighted by molar-refractivity contribution is 7.92. The van der Waals surface area contributed by atoms with Crippen molar-refractivity contribution in [1.29, 1.82) is 0 Å². The summed E-state index contributed by atoms with van der Waals surface area (Å²) in [6, 6.07) is 16.3. The van der Waals surface area contributed by atoms with Gasteiger partial charge in [0.2, 0.25) is 0 Å². The van der Waals surface area contributed by atoms with Crippen LogP contribution in [0.1, 0.15) is 37.1 Å². The molecule has 1 aliphatic carbocycles. The first-order valence-corrected chi connectivity index (χ1v) is 14.8. The summed E-state index contributed by atoms with van der Waals surface area (Å²) >= 11 is 0. The fourth-order valence-electron chi connectivity index (χ4n) is 4.00. The van der Waals surface area contributed by atoms with Crippen molar-refractivity contribution in [2.24, 2.45) is 0 Å². The Hall–Kier alpha value is -3.22. The van der Waals surface area contributed by atoms with Gasteiger partial charge in [0.15, 0.2) is 19.7 Å². The SMILES string of the molecule is O=S(=O)(CC#C/C=C(/CS(=O)(=O)c1ccccc1)n1nnc2c1CCCCCC2)c1ccccc1. The summed E-state index contributed by atoms with van der Waals surface area (Å²) < 4.78 is 53.0. The molecule has 0 radical (unpaired) electrons. The standard InChI is InChI=1S/C26H27N3O4S2/c30-34(31,23-14-5-3-6-15-23)20-12-11-13-22(21-35(32,33)24-16-7-4-8-17-24)29-26-19-10-2-1-9-18-25(26)27-28-29/h3-8,13-17H,1-2,9-10,18-21H2/b22-13-. The smallest absolute Gasteiger partial charge is 0.189 e. The lowest BCUT2D eigenvalue weighted by molar-refractivity contribution is 0.595. The molecule has 182 valence electrons. The summed E-state index contributed by atoms with van der Waals surface area (Å²) in [6.07, 6.45) is 7.23. The van der Waals surface area contributed by atoms with Crippen LogP contribution in [0.4, 0.5) is 0 Å². The average molecular weight is 510 g/mol. The van der Waals surface area contributed by atoms with Crippen LogP contribution in [0, 0.1) is 11.8 Å². The van der Waals surface area contributed by atoms with Crippen LogP contribution in [-0.4, -0.2) is 43.3 Å². The van der Waals surface area contributed by atoms with Gasteiger partial charge in [0, 0.05) is 6.08 Å². The second-order valence-corrected chi connectivity index (χ2v) is 12.4. The third-order valence-electron chi connectivity index (χ3n) is 5.84. The van der Waals surface area contributed by atoms with E-state index in [4.69, 9.17) is 0 Å². The van der Waals surface area contributed by atoms with Crippen LogP contribution in [0.3, 0.4) is 0 Å². The molecule has 35 heavy (non-hydrogen) atoms. The van der Waals surface area contributed by atoms with Gasteiger partial charge in [0.25, 0.3) is 0 Å². The molecule has 0 aliphatic heterocycles. The molecule has 0 amide bonds. The molecule has 0 spiro atoms. The highest BCUT2D eigenvalue weighted by Crippen LogP contribution is 2.23. The first kappa shape index (κ1) is 24.9. The van der Waals surface area contributed by atoms with E-state index >= 15 is 0 Å². The van der Waals surface area contributed by atoms with Crippen molar-refractivity contribution in [3.8, 4) is 11.8 Å². The predicted molar refractivity (Wildman–Crippen MR) is 135 cm³/mol. The van der Waals surface area contributed by atoms with Gasteiger partial charge in [0.05, 0.1) is 32.6 Å². The summed E-state index contributed by atoms with van der Waals surface area (Å²) in [7, 11) is -7.25. The summed E-state index contributed by atoms with van der Waals surface area (Å²) in [4.78, 5) is 0.399. The van der Waals surface area contributed by atoms with Crippen LogP contribution in [0.15, 0.2) is 76.5 Å². The molecule has 1 aromatic heterocycles. The Kier molecular flexibility index (Phi) is 7.83. The molecule has 0 saturated heterocycles. The lowest BCUT2D eigenvalue weighted by Crippen LogP contribution is -2.16. The number of aromatic nitrogens is 3. The quantitative estimate of drug-likeness (QED) is 0.470. The Bertz CT molecular complexity index is 1470. The summed E-state index contributed by atoms with van der Waals surface area (Å²) in [5.41, 5.74) is 2.14. The molecule has 9 heteroatoms. The Labute approximate surface area is 206 Å². The number of rotatable bonds is 6. The Morgan fingerprint density at radius 3 is 2.09 bits per heavy atom. The van der Waals surface area contributed by atoms with Gasteiger partial charge in [-0.05, 0) is 49.9 Å². The third kappa shape index (κ3) is 6.27. The molecule has 0 bridgehead atoms. The fraction of sp³-hybridized carbons (Fsp3) is 0.308. The van der Waals surface area contributed by atoms with Gasteiger partial charge in [-0.2, -0.15) is 0 Å². The van der Waals surface area contributed by atoms with E-state index in [0.717, 1.165) is 49.9 Å². The molecule has 1 aliphatic rings. The Morgan fingerprint density at radius 2 is 1.43 bits per heavy atom. The highest BCUT2D eigenvalue weighted by atomic mass is 32.2. The van der Waals surface area contributed by atoms with Crippen LogP contribution >= 0.6 is 0 Å². The van der Waals surface area contributed by atoms with Crippen molar-refractivity contribution in [2.45, 2.75) is 48.3 Å². The van der Waals surface area contributed by atoms with E-state index in [2.05, 4.69) is 22.2 Å². The van der Waals surface area contributed by atoms with Gasteiger partial charge in [0.1, 0.15) is 5.75 Å². The largest absolute Gasteiger partial charge is 0.223 e. The number of benzene rings is 2.